The Morgan fingerprint density at radius 3 is 1.93 bits per heavy atom. The van der Waals surface area contributed by atoms with Crippen molar-refractivity contribution in [1.82, 2.24) is 0 Å². The molecule has 0 aromatic rings. The predicted octanol–water partition coefficient (Wildman–Crippen LogP) is 3.02. The molecule has 2 nitrogen and oxygen atoms in total. The molecular formula is C12H23NO. The van der Waals surface area contributed by atoms with Crippen LogP contribution in [0.15, 0.2) is 12.2 Å². The molecule has 0 aliphatic rings. The zero-order valence-corrected chi connectivity index (χ0v) is 9.51. The summed E-state index contributed by atoms with van der Waals surface area (Å²) in [5, 5.41) is 0. The SMILES string of the molecule is C=C(C(N)=O)C(CCCC)CCCC. The molecule has 0 saturated carbocycles. The van der Waals surface area contributed by atoms with Crippen LogP contribution in [0.5, 0.6) is 0 Å². The zero-order chi connectivity index (χ0) is 11.0. The average Bonchev–Trinajstić information content (AvgIpc) is 2.17. The Balaban J connectivity index is 4.08. The highest BCUT2D eigenvalue weighted by atomic mass is 16.1. The fraction of sp³-hybridized carbons (Fsp3) is 0.750. The lowest BCUT2D eigenvalue weighted by Gasteiger charge is -2.16. The number of unbranched alkanes of at least 4 members (excludes halogenated alkanes) is 2. The molecule has 0 unspecified atom stereocenters. The number of nitrogens with two attached hydrogens (primary N) is 1. The van der Waals surface area contributed by atoms with E-state index in [-0.39, 0.29) is 5.91 Å². The van der Waals surface area contributed by atoms with Gasteiger partial charge >= 0.3 is 0 Å². The smallest absolute Gasteiger partial charge is 0.244 e. The van der Waals surface area contributed by atoms with E-state index in [1.807, 2.05) is 0 Å². The second-order valence-corrected chi connectivity index (χ2v) is 3.87. The molecule has 2 heteroatoms. The molecule has 0 spiro atoms. The fourth-order valence-corrected chi connectivity index (χ4v) is 1.60. The van der Waals surface area contributed by atoms with Gasteiger partial charge in [-0.1, -0.05) is 46.1 Å². The first-order chi connectivity index (χ1) is 6.63. The first kappa shape index (κ1) is 13.2. The quantitative estimate of drug-likeness (QED) is 0.597. The molecule has 0 fully saturated rings. The number of rotatable bonds is 8. The summed E-state index contributed by atoms with van der Waals surface area (Å²) in [5.41, 5.74) is 5.86. The van der Waals surface area contributed by atoms with Gasteiger partial charge in [-0.3, -0.25) is 4.79 Å². The van der Waals surface area contributed by atoms with E-state index in [4.69, 9.17) is 5.73 Å². The molecule has 0 aliphatic heterocycles. The number of primary amides is 1. The number of hydrogen-bond acceptors (Lipinski definition) is 1. The van der Waals surface area contributed by atoms with Crippen molar-refractivity contribution >= 4 is 5.91 Å². The van der Waals surface area contributed by atoms with E-state index >= 15 is 0 Å². The van der Waals surface area contributed by atoms with Gasteiger partial charge in [-0.05, 0) is 18.8 Å². The fourth-order valence-electron chi connectivity index (χ4n) is 1.60. The number of carbonyl (C=O) groups excluding carboxylic acids is 1. The van der Waals surface area contributed by atoms with Gasteiger partial charge in [0.1, 0.15) is 0 Å². The van der Waals surface area contributed by atoms with Crippen LogP contribution in [0.3, 0.4) is 0 Å². The molecule has 0 heterocycles. The van der Waals surface area contributed by atoms with Gasteiger partial charge in [-0.2, -0.15) is 0 Å². The van der Waals surface area contributed by atoms with Crippen LogP contribution in [0.4, 0.5) is 0 Å². The molecule has 0 aromatic carbocycles. The number of amides is 1. The van der Waals surface area contributed by atoms with Crippen molar-refractivity contribution in [1.29, 1.82) is 0 Å². The minimum Gasteiger partial charge on any atom is -0.366 e. The van der Waals surface area contributed by atoms with E-state index in [0.717, 1.165) is 38.5 Å². The first-order valence-corrected chi connectivity index (χ1v) is 5.62. The van der Waals surface area contributed by atoms with E-state index < -0.39 is 0 Å². The van der Waals surface area contributed by atoms with Gasteiger partial charge in [0.2, 0.25) is 5.91 Å². The maximum Gasteiger partial charge on any atom is 0.244 e. The van der Waals surface area contributed by atoms with Gasteiger partial charge in [0.25, 0.3) is 0 Å². The molecule has 14 heavy (non-hydrogen) atoms. The van der Waals surface area contributed by atoms with Gasteiger partial charge in [-0.25, -0.2) is 0 Å². The Morgan fingerprint density at radius 2 is 1.64 bits per heavy atom. The average molecular weight is 197 g/mol. The van der Waals surface area contributed by atoms with Crippen molar-refractivity contribution in [2.45, 2.75) is 52.4 Å². The largest absolute Gasteiger partial charge is 0.366 e. The molecule has 0 saturated heterocycles. The maximum atomic E-state index is 11.0. The molecule has 0 aliphatic carbocycles. The van der Waals surface area contributed by atoms with E-state index in [2.05, 4.69) is 20.4 Å². The number of hydrogen-bond donors (Lipinski definition) is 1. The van der Waals surface area contributed by atoms with Crippen molar-refractivity contribution in [2.75, 3.05) is 0 Å². The van der Waals surface area contributed by atoms with Gasteiger partial charge in [0, 0.05) is 5.57 Å². The minimum absolute atomic E-state index is 0.312. The molecule has 0 atom stereocenters. The minimum atomic E-state index is -0.331. The van der Waals surface area contributed by atoms with Crippen molar-refractivity contribution in [3.8, 4) is 0 Å². The van der Waals surface area contributed by atoms with Crippen LogP contribution in [-0.2, 0) is 4.79 Å². The second-order valence-electron chi connectivity index (χ2n) is 3.87. The highest BCUT2D eigenvalue weighted by Gasteiger charge is 2.15. The second kappa shape index (κ2) is 7.60. The standard InChI is InChI=1S/C12H23NO/c1-4-6-8-11(9-7-5-2)10(3)12(13)14/h11H,3-9H2,1-2H3,(H2,13,14). The summed E-state index contributed by atoms with van der Waals surface area (Å²) in [6, 6.07) is 0. The summed E-state index contributed by atoms with van der Waals surface area (Å²) >= 11 is 0. The molecule has 2 N–H and O–H groups in total. The topological polar surface area (TPSA) is 43.1 Å². The van der Waals surface area contributed by atoms with E-state index in [1.54, 1.807) is 0 Å². The third-order valence-electron chi connectivity index (χ3n) is 2.62. The summed E-state index contributed by atoms with van der Waals surface area (Å²) in [6.45, 7) is 8.10. The Morgan fingerprint density at radius 1 is 1.21 bits per heavy atom. The maximum absolute atomic E-state index is 11.0. The van der Waals surface area contributed by atoms with Crippen LogP contribution in [0.1, 0.15) is 52.4 Å². The van der Waals surface area contributed by atoms with Gasteiger partial charge in [0.15, 0.2) is 0 Å². The molecule has 0 rings (SSSR count). The Bertz CT molecular complexity index is 179. The Kier molecular flexibility index (Phi) is 7.17. The molecule has 0 bridgehead atoms. The summed E-state index contributed by atoms with van der Waals surface area (Å²) in [7, 11) is 0. The lowest BCUT2D eigenvalue weighted by molar-refractivity contribution is -0.115. The van der Waals surface area contributed by atoms with E-state index in [1.165, 1.54) is 0 Å². The van der Waals surface area contributed by atoms with Gasteiger partial charge in [-0.15, -0.1) is 0 Å². The number of carbonyl (C=O) groups is 1. The summed E-state index contributed by atoms with van der Waals surface area (Å²) in [4.78, 5) is 11.0. The summed E-state index contributed by atoms with van der Waals surface area (Å²) in [6.07, 6.45) is 6.74. The molecule has 1 amide bonds. The summed E-state index contributed by atoms with van der Waals surface area (Å²) in [5.74, 6) is -0.0189. The molecular weight excluding hydrogens is 174 g/mol. The highest BCUT2D eigenvalue weighted by molar-refractivity contribution is 5.91. The van der Waals surface area contributed by atoms with Gasteiger partial charge < -0.3 is 5.73 Å². The van der Waals surface area contributed by atoms with Crippen LogP contribution in [0.2, 0.25) is 0 Å². The molecule has 0 radical (unpaired) electrons. The van der Waals surface area contributed by atoms with Crippen LogP contribution in [-0.4, -0.2) is 5.91 Å². The van der Waals surface area contributed by atoms with Crippen molar-refractivity contribution in [3.05, 3.63) is 12.2 Å². The van der Waals surface area contributed by atoms with E-state index in [0.29, 0.717) is 11.5 Å². The third-order valence-corrected chi connectivity index (χ3v) is 2.62. The van der Waals surface area contributed by atoms with E-state index in [9.17, 15) is 4.79 Å². The summed E-state index contributed by atoms with van der Waals surface area (Å²) < 4.78 is 0. The van der Waals surface area contributed by atoms with Gasteiger partial charge in [0.05, 0.1) is 0 Å². The lowest BCUT2D eigenvalue weighted by atomic mass is 9.89. The zero-order valence-electron chi connectivity index (χ0n) is 9.51. The molecule has 82 valence electrons. The van der Waals surface area contributed by atoms with Crippen LogP contribution >= 0.6 is 0 Å². The molecule has 0 aromatic heterocycles. The third kappa shape index (κ3) is 5.05. The predicted molar refractivity (Wildman–Crippen MR) is 60.9 cm³/mol. The Hall–Kier alpha value is -0.790. The van der Waals surface area contributed by atoms with Crippen LogP contribution < -0.4 is 5.73 Å². The Labute approximate surface area is 87.6 Å². The van der Waals surface area contributed by atoms with Crippen molar-refractivity contribution in [3.63, 3.8) is 0 Å². The first-order valence-electron chi connectivity index (χ1n) is 5.62. The van der Waals surface area contributed by atoms with Crippen LogP contribution in [0, 0.1) is 5.92 Å². The highest BCUT2D eigenvalue weighted by Crippen LogP contribution is 2.22. The lowest BCUT2D eigenvalue weighted by Crippen LogP contribution is -2.20. The van der Waals surface area contributed by atoms with Crippen molar-refractivity contribution in [2.24, 2.45) is 11.7 Å². The van der Waals surface area contributed by atoms with Crippen molar-refractivity contribution < 1.29 is 4.79 Å². The monoisotopic (exact) mass is 197 g/mol. The van der Waals surface area contributed by atoms with Crippen LogP contribution in [0.25, 0.3) is 0 Å². The normalized spacial score (nSPS) is 10.5.